The minimum atomic E-state index is -0.185. The van der Waals surface area contributed by atoms with Gasteiger partial charge in [-0.1, -0.05) is 23.7 Å². The lowest BCUT2D eigenvalue weighted by atomic mass is 10.1. The number of fused-ring (bicyclic) bond motifs is 1. The fourth-order valence-corrected chi connectivity index (χ4v) is 2.94. The molecule has 0 radical (unpaired) electrons. The van der Waals surface area contributed by atoms with Gasteiger partial charge in [0.25, 0.3) is 5.91 Å². The van der Waals surface area contributed by atoms with Crippen molar-refractivity contribution in [2.45, 2.75) is 6.54 Å². The molecule has 0 fully saturated rings. The van der Waals surface area contributed by atoms with Gasteiger partial charge in [0.15, 0.2) is 11.5 Å². The smallest absolute Gasteiger partial charge is 0.252 e. The van der Waals surface area contributed by atoms with Gasteiger partial charge in [-0.25, -0.2) is 0 Å². The predicted molar refractivity (Wildman–Crippen MR) is 82.9 cm³/mol. The number of benzene rings is 2. The van der Waals surface area contributed by atoms with Crippen LogP contribution in [0.4, 0.5) is 0 Å². The Hall–Kier alpha value is -1.72. The molecule has 2 aromatic carbocycles. The maximum atomic E-state index is 12.2. The minimum Gasteiger partial charge on any atom is -0.454 e. The van der Waals surface area contributed by atoms with E-state index < -0.39 is 0 Å². The van der Waals surface area contributed by atoms with Crippen LogP contribution in [0.15, 0.2) is 40.9 Å². The van der Waals surface area contributed by atoms with Crippen molar-refractivity contribution in [3.05, 3.63) is 57.0 Å². The molecule has 0 aliphatic carbocycles. The summed E-state index contributed by atoms with van der Waals surface area (Å²) in [6.07, 6.45) is 0. The number of para-hydroxylation sites is 1. The van der Waals surface area contributed by atoms with Gasteiger partial charge >= 0.3 is 0 Å². The standard InChI is InChI=1S/C15H11BrClNO3/c16-12-6-10(17)4-5-11(12)15(19)18-7-9-2-1-3-13-14(9)21-8-20-13/h1-6H,7-8H2,(H,18,19). The number of hydrogen-bond donors (Lipinski definition) is 1. The first-order valence-corrected chi connectivity index (χ1v) is 7.43. The van der Waals surface area contributed by atoms with Crippen molar-refractivity contribution < 1.29 is 14.3 Å². The molecule has 2 aromatic rings. The molecule has 1 N–H and O–H groups in total. The molecule has 0 atom stereocenters. The van der Waals surface area contributed by atoms with Crippen LogP contribution in [0, 0.1) is 0 Å². The van der Waals surface area contributed by atoms with Crippen molar-refractivity contribution in [3.63, 3.8) is 0 Å². The number of ether oxygens (including phenoxy) is 2. The van der Waals surface area contributed by atoms with Crippen LogP contribution >= 0.6 is 27.5 Å². The van der Waals surface area contributed by atoms with E-state index in [2.05, 4.69) is 21.2 Å². The number of carbonyl (C=O) groups excluding carboxylic acids is 1. The zero-order valence-corrected chi connectivity index (χ0v) is 13.2. The molecule has 108 valence electrons. The van der Waals surface area contributed by atoms with Crippen LogP contribution in [0.5, 0.6) is 11.5 Å². The molecular formula is C15H11BrClNO3. The third-order valence-corrected chi connectivity index (χ3v) is 3.98. The first kappa shape index (κ1) is 14.2. The molecule has 0 bridgehead atoms. The van der Waals surface area contributed by atoms with Crippen LogP contribution in [0.2, 0.25) is 5.02 Å². The van der Waals surface area contributed by atoms with E-state index in [-0.39, 0.29) is 12.7 Å². The number of hydrogen-bond acceptors (Lipinski definition) is 3. The Morgan fingerprint density at radius 1 is 1.29 bits per heavy atom. The highest BCUT2D eigenvalue weighted by molar-refractivity contribution is 9.10. The lowest BCUT2D eigenvalue weighted by Gasteiger charge is -2.09. The molecule has 0 saturated carbocycles. The lowest BCUT2D eigenvalue weighted by molar-refractivity contribution is 0.0950. The number of rotatable bonds is 3. The first-order valence-electron chi connectivity index (χ1n) is 6.26. The number of carbonyl (C=O) groups is 1. The summed E-state index contributed by atoms with van der Waals surface area (Å²) in [4.78, 5) is 12.2. The normalized spacial score (nSPS) is 12.3. The quantitative estimate of drug-likeness (QED) is 0.897. The molecular weight excluding hydrogens is 358 g/mol. The van der Waals surface area contributed by atoms with Crippen LogP contribution < -0.4 is 14.8 Å². The van der Waals surface area contributed by atoms with Gasteiger partial charge in [0.05, 0.1) is 5.56 Å². The fraction of sp³-hybridized carbons (Fsp3) is 0.133. The van der Waals surface area contributed by atoms with Crippen molar-refractivity contribution in [1.82, 2.24) is 5.32 Å². The van der Waals surface area contributed by atoms with Gasteiger partial charge in [0, 0.05) is 21.6 Å². The summed E-state index contributed by atoms with van der Waals surface area (Å²) in [6, 6.07) is 10.6. The van der Waals surface area contributed by atoms with Crippen LogP contribution in [0.25, 0.3) is 0 Å². The van der Waals surface area contributed by atoms with Crippen LogP contribution in [0.1, 0.15) is 15.9 Å². The molecule has 1 amide bonds. The number of nitrogens with one attached hydrogen (secondary N) is 1. The molecule has 0 spiro atoms. The topological polar surface area (TPSA) is 47.6 Å². The van der Waals surface area contributed by atoms with Gasteiger partial charge in [-0.2, -0.15) is 0 Å². The zero-order chi connectivity index (χ0) is 14.8. The van der Waals surface area contributed by atoms with E-state index in [1.54, 1.807) is 18.2 Å². The Morgan fingerprint density at radius 2 is 2.14 bits per heavy atom. The molecule has 1 aliphatic rings. The average molecular weight is 369 g/mol. The average Bonchev–Trinajstić information content (AvgIpc) is 2.93. The second kappa shape index (κ2) is 5.95. The summed E-state index contributed by atoms with van der Waals surface area (Å²) in [5, 5.41) is 3.43. The molecule has 1 heterocycles. The SMILES string of the molecule is O=C(NCc1cccc2c1OCO2)c1ccc(Cl)cc1Br. The summed E-state index contributed by atoms with van der Waals surface area (Å²) < 4.78 is 11.4. The molecule has 21 heavy (non-hydrogen) atoms. The Kier molecular flexibility index (Phi) is 4.03. The molecule has 0 saturated heterocycles. The second-order valence-corrected chi connectivity index (χ2v) is 5.75. The molecule has 6 heteroatoms. The molecule has 3 rings (SSSR count). The van der Waals surface area contributed by atoms with Crippen molar-refractivity contribution in [1.29, 1.82) is 0 Å². The monoisotopic (exact) mass is 367 g/mol. The zero-order valence-electron chi connectivity index (χ0n) is 10.9. The molecule has 4 nitrogen and oxygen atoms in total. The van der Waals surface area contributed by atoms with E-state index in [0.717, 1.165) is 5.56 Å². The Bertz CT molecular complexity index is 705. The van der Waals surface area contributed by atoms with Gasteiger partial charge in [-0.05, 0) is 40.2 Å². The van der Waals surface area contributed by atoms with E-state index in [1.807, 2.05) is 18.2 Å². The van der Waals surface area contributed by atoms with Crippen LogP contribution in [-0.2, 0) is 6.54 Å². The maximum Gasteiger partial charge on any atom is 0.252 e. The van der Waals surface area contributed by atoms with E-state index in [0.29, 0.717) is 33.1 Å². The van der Waals surface area contributed by atoms with Crippen molar-refractivity contribution in [3.8, 4) is 11.5 Å². The lowest BCUT2D eigenvalue weighted by Crippen LogP contribution is -2.23. The molecule has 0 unspecified atom stereocenters. The summed E-state index contributed by atoms with van der Waals surface area (Å²) >= 11 is 9.20. The van der Waals surface area contributed by atoms with Crippen molar-refractivity contribution >= 4 is 33.4 Å². The highest BCUT2D eigenvalue weighted by Gasteiger charge is 2.18. The van der Waals surface area contributed by atoms with Crippen molar-refractivity contribution in [2.75, 3.05) is 6.79 Å². The van der Waals surface area contributed by atoms with Gasteiger partial charge in [-0.15, -0.1) is 0 Å². The highest BCUT2D eigenvalue weighted by atomic mass is 79.9. The fourth-order valence-electron chi connectivity index (χ4n) is 2.07. The minimum absolute atomic E-state index is 0.185. The van der Waals surface area contributed by atoms with Gasteiger partial charge < -0.3 is 14.8 Å². The largest absolute Gasteiger partial charge is 0.454 e. The number of amides is 1. The van der Waals surface area contributed by atoms with Gasteiger partial charge in [0.2, 0.25) is 6.79 Å². The third-order valence-electron chi connectivity index (χ3n) is 3.09. The predicted octanol–water partition coefficient (Wildman–Crippen LogP) is 3.76. The molecule has 0 aromatic heterocycles. The Labute approximate surface area is 135 Å². The first-order chi connectivity index (χ1) is 10.1. The summed E-state index contributed by atoms with van der Waals surface area (Å²) in [5.41, 5.74) is 1.41. The Morgan fingerprint density at radius 3 is 2.95 bits per heavy atom. The maximum absolute atomic E-state index is 12.2. The van der Waals surface area contributed by atoms with Crippen LogP contribution in [-0.4, -0.2) is 12.7 Å². The third kappa shape index (κ3) is 2.99. The second-order valence-electron chi connectivity index (χ2n) is 4.46. The van der Waals surface area contributed by atoms with E-state index in [1.165, 1.54) is 0 Å². The summed E-state index contributed by atoms with van der Waals surface area (Å²) in [5.74, 6) is 1.21. The van der Waals surface area contributed by atoms with E-state index >= 15 is 0 Å². The van der Waals surface area contributed by atoms with E-state index in [9.17, 15) is 4.79 Å². The van der Waals surface area contributed by atoms with E-state index in [4.69, 9.17) is 21.1 Å². The van der Waals surface area contributed by atoms with Gasteiger partial charge in [0.1, 0.15) is 0 Å². The Balaban J connectivity index is 1.73. The summed E-state index contributed by atoms with van der Waals surface area (Å²) in [6.45, 7) is 0.573. The molecule has 1 aliphatic heterocycles. The number of halogens is 2. The summed E-state index contributed by atoms with van der Waals surface area (Å²) in [7, 11) is 0. The van der Waals surface area contributed by atoms with Crippen LogP contribution in [0.3, 0.4) is 0 Å². The highest BCUT2D eigenvalue weighted by Crippen LogP contribution is 2.35. The van der Waals surface area contributed by atoms with Crippen molar-refractivity contribution in [2.24, 2.45) is 0 Å². The van der Waals surface area contributed by atoms with Gasteiger partial charge in [-0.3, -0.25) is 4.79 Å².